The average Bonchev–Trinajstić information content (AvgIpc) is 2.78. The molecule has 0 spiro atoms. The van der Waals surface area contributed by atoms with E-state index in [4.69, 9.17) is 0 Å². The summed E-state index contributed by atoms with van der Waals surface area (Å²) in [5.41, 5.74) is 1.27. The molecule has 0 aromatic rings. The van der Waals surface area contributed by atoms with Gasteiger partial charge >= 0.3 is 0 Å². The first-order valence-corrected chi connectivity index (χ1v) is 9.47. The first kappa shape index (κ1) is 15.4. The first-order chi connectivity index (χ1) is 11.0. The number of ketones is 1. The van der Waals surface area contributed by atoms with E-state index in [1.807, 2.05) is 5.94 Å². The van der Waals surface area contributed by atoms with Gasteiger partial charge in [0.2, 0.25) is 0 Å². The molecule has 0 heterocycles. The lowest BCUT2D eigenvalue weighted by Crippen LogP contribution is -2.53. The monoisotopic (exact) mass is 312 g/mol. The second-order valence-electron chi connectivity index (χ2n) is 8.99. The Morgan fingerprint density at radius 1 is 1.13 bits per heavy atom. The number of hydrogen-bond acceptors (Lipinski definition) is 2. The van der Waals surface area contributed by atoms with Gasteiger partial charge in [0, 0.05) is 17.4 Å². The molecule has 0 aromatic heterocycles. The minimum absolute atomic E-state index is 0.112. The molecule has 1 unspecified atom stereocenters. The van der Waals surface area contributed by atoms with Gasteiger partial charge in [0.1, 0.15) is 5.94 Å². The van der Waals surface area contributed by atoms with Crippen LogP contribution in [0.15, 0.2) is 17.7 Å². The normalized spacial score (nSPS) is 48.6. The summed E-state index contributed by atoms with van der Waals surface area (Å²) in [7, 11) is 0. The first-order valence-electron chi connectivity index (χ1n) is 9.47. The minimum atomic E-state index is -0.118. The summed E-state index contributed by atoms with van der Waals surface area (Å²) in [6.45, 7) is 4.74. The van der Waals surface area contributed by atoms with E-state index in [0.29, 0.717) is 17.3 Å². The van der Waals surface area contributed by atoms with Crippen molar-refractivity contribution in [2.24, 2.45) is 34.5 Å². The van der Waals surface area contributed by atoms with Crippen LogP contribution in [0.1, 0.15) is 65.2 Å². The Balaban J connectivity index is 1.70. The third-order valence-corrected chi connectivity index (χ3v) is 8.23. The van der Waals surface area contributed by atoms with Gasteiger partial charge in [0.05, 0.1) is 0 Å². The van der Waals surface area contributed by atoms with Crippen molar-refractivity contribution in [3.8, 4) is 0 Å². The fraction of sp³-hybridized carbons (Fsp3) is 0.762. The number of hydrogen-bond donors (Lipinski definition) is 0. The number of carbonyl (C=O) groups is 1. The van der Waals surface area contributed by atoms with Crippen molar-refractivity contribution < 1.29 is 9.59 Å². The molecule has 4 rings (SSSR count). The van der Waals surface area contributed by atoms with Gasteiger partial charge in [-0.3, -0.25) is 4.79 Å². The van der Waals surface area contributed by atoms with Crippen molar-refractivity contribution in [2.75, 3.05) is 0 Å². The molecular formula is C21H28O2. The van der Waals surface area contributed by atoms with Gasteiger partial charge in [-0.15, -0.1) is 0 Å². The van der Waals surface area contributed by atoms with E-state index in [2.05, 4.69) is 13.8 Å². The van der Waals surface area contributed by atoms with E-state index >= 15 is 0 Å². The molecule has 0 aromatic carbocycles. The zero-order valence-corrected chi connectivity index (χ0v) is 14.4. The van der Waals surface area contributed by atoms with Crippen LogP contribution in [0.2, 0.25) is 0 Å². The summed E-state index contributed by atoms with van der Waals surface area (Å²) >= 11 is 0. The summed E-state index contributed by atoms with van der Waals surface area (Å²) in [6, 6.07) is 0. The Hall–Kier alpha value is -1.14. The second kappa shape index (κ2) is 5.18. The van der Waals surface area contributed by atoms with Gasteiger partial charge in [-0.05, 0) is 73.3 Å². The van der Waals surface area contributed by atoms with Crippen LogP contribution in [-0.2, 0) is 9.59 Å². The highest BCUT2D eigenvalue weighted by Crippen LogP contribution is 2.65. The van der Waals surface area contributed by atoms with Gasteiger partial charge in [-0.1, -0.05) is 26.7 Å². The Morgan fingerprint density at radius 2 is 1.96 bits per heavy atom. The standard InChI is InChI=1S/C21H28O2/c1-20-10-4-3-5-14(20)6-7-16-17(20)8-11-21(2)15(9-12-22)13-18(23)19(16)21/h9,13-14,16-17,19H,3-8,10-11H2,1-2H3/t14?,16-,17+,19-,20+,21-/m1/s1. The Morgan fingerprint density at radius 3 is 2.74 bits per heavy atom. The molecule has 2 heteroatoms. The third-order valence-electron chi connectivity index (χ3n) is 8.23. The van der Waals surface area contributed by atoms with Crippen molar-refractivity contribution in [2.45, 2.75) is 65.2 Å². The van der Waals surface area contributed by atoms with Crippen LogP contribution in [-0.4, -0.2) is 11.7 Å². The predicted molar refractivity (Wildman–Crippen MR) is 90.5 cm³/mol. The van der Waals surface area contributed by atoms with E-state index < -0.39 is 0 Å². The lowest BCUT2D eigenvalue weighted by atomic mass is 9.45. The van der Waals surface area contributed by atoms with E-state index in [-0.39, 0.29) is 17.1 Å². The Labute approximate surface area is 139 Å². The molecule has 3 fully saturated rings. The topological polar surface area (TPSA) is 34.1 Å². The largest absolute Gasteiger partial charge is 0.294 e. The molecule has 4 aliphatic rings. The molecule has 0 saturated heterocycles. The van der Waals surface area contributed by atoms with Crippen molar-refractivity contribution in [1.82, 2.24) is 0 Å². The molecule has 0 N–H and O–H groups in total. The highest BCUT2D eigenvalue weighted by atomic mass is 16.1. The molecule has 0 amide bonds. The molecule has 2 nitrogen and oxygen atoms in total. The maximum atomic E-state index is 12.8. The maximum Gasteiger partial charge on any atom is 0.160 e. The molecule has 0 radical (unpaired) electrons. The van der Waals surface area contributed by atoms with Crippen LogP contribution in [0.25, 0.3) is 0 Å². The highest BCUT2D eigenvalue weighted by Gasteiger charge is 2.60. The molecule has 23 heavy (non-hydrogen) atoms. The Bertz CT molecular complexity index is 611. The zero-order valence-electron chi connectivity index (χ0n) is 14.4. The average molecular weight is 312 g/mol. The number of allylic oxidation sites excluding steroid dienone is 3. The lowest BCUT2D eigenvalue weighted by molar-refractivity contribution is -0.136. The molecule has 3 saturated carbocycles. The summed E-state index contributed by atoms with van der Waals surface area (Å²) in [5.74, 6) is 4.41. The Kier molecular flexibility index (Phi) is 3.47. The summed E-state index contributed by atoms with van der Waals surface area (Å²) in [4.78, 5) is 23.7. The molecule has 0 aliphatic heterocycles. The van der Waals surface area contributed by atoms with E-state index in [1.54, 1.807) is 6.08 Å². The maximum absolute atomic E-state index is 12.8. The summed E-state index contributed by atoms with van der Waals surface area (Å²) in [6.07, 6.45) is 13.6. The van der Waals surface area contributed by atoms with Crippen LogP contribution >= 0.6 is 0 Å². The van der Waals surface area contributed by atoms with Crippen molar-refractivity contribution in [3.05, 3.63) is 17.7 Å². The summed E-state index contributed by atoms with van der Waals surface area (Å²) in [5, 5.41) is 0. The van der Waals surface area contributed by atoms with Gasteiger partial charge in [0.15, 0.2) is 5.78 Å². The number of rotatable bonds is 1. The van der Waals surface area contributed by atoms with E-state index in [9.17, 15) is 9.59 Å². The number of carbonyl (C=O) groups excluding carboxylic acids is 2. The van der Waals surface area contributed by atoms with Gasteiger partial charge < -0.3 is 0 Å². The second-order valence-corrected chi connectivity index (χ2v) is 8.99. The third kappa shape index (κ3) is 2.00. The molecule has 0 bridgehead atoms. The van der Waals surface area contributed by atoms with E-state index in [1.165, 1.54) is 51.0 Å². The van der Waals surface area contributed by atoms with Crippen LogP contribution in [0.3, 0.4) is 0 Å². The van der Waals surface area contributed by atoms with Crippen molar-refractivity contribution in [3.63, 3.8) is 0 Å². The fourth-order valence-corrected chi connectivity index (χ4v) is 7.03. The zero-order chi connectivity index (χ0) is 16.2. The van der Waals surface area contributed by atoms with Gasteiger partial charge in [-0.2, -0.15) is 0 Å². The van der Waals surface area contributed by atoms with Crippen LogP contribution < -0.4 is 0 Å². The predicted octanol–water partition coefficient (Wildman–Crippen LogP) is 4.52. The minimum Gasteiger partial charge on any atom is -0.294 e. The molecule has 6 atom stereocenters. The number of fused-ring (bicyclic) bond motifs is 5. The molecule has 124 valence electrons. The van der Waals surface area contributed by atoms with Crippen LogP contribution in [0.5, 0.6) is 0 Å². The van der Waals surface area contributed by atoms with Gasteiger partial charge in [0.25, 0.3) is 0 Å². The molecule has 4 aliphatic carbocycles. The fourth-order valence-electron chi connectivity index (χ4n) is 7.03. The van der Waals surface area contributed by atoms with Gasteiger partial charge in [-0.25, -0.2) is 4.79 Å². The summed E-state index contributed by atoms with van der Waals surface area (Å²) < 4.78 is 0. The van der Waals surface area contributed by atoms with E-state index in [0.717, 1.165) is 17.9 Å². The highest BCUT2D eigenvalue weighted by molar-refractivity contribution is 5.98. The van der Waals surface area contributed by atoms with Crippen LogP contribution in [0.4, 0.5) is 0 Å². The molecular weight excluding hydrogens is 284 g/mol. The van der Waals surface area contributed by atoms with Crippen molar-refractivity contribution >= 4 is 11.7 Å². The lowest BCUT2D eigenvalue weighted by Gasteiger charge is -2.59. The van der Waals surface area contributed by atoms with Crippen LogP contribution in [0, 0.1) is 34.5 Å². The smallest absolute Gasteiger partial charge is 0.160 e. The quantitative estimate of drug-likeness (QED) is 0.667. The van der Waals surface area contributed by atoms with Crippen molar-refractivity contribution in [1.29, 1.82) is 0 Å². The SMILES string of the molecule is C[C@]12CCCCC1CC[C@@H]1[C@@H]2CC[C@]2(C)C(C=C=O)=CC(=O)[C@@H]12.